The van der Waals surface area contributed by atoms with Crippen molar-refractivity contribution in [2.45, 2.75) is 112 Å². The first-order valence-corrected chi connectivity index (χ1v) is 27.1. The van der Waals surface area contributed by atoms with Crippen molar-refractivity contribution in [3.05, 3.63) is 189 Å². The van der Waals surface area contributed by atoms with E-state index in [-0.39, 0.29) is 109 Å². The van der Waals surface area contributed by atoms with Gasteiger partial charge in [0.05, 0.1) is 21.8 Å². The van der Waals surface area contributed by atoms with Crippen molar-refractivity contribution in [3.63, 3.8) is 0 Å². The summed E-state index contributed by atoms with van der Waals surface area (Å²) in [4.78, 5) is 50.8. The Morgan fingerprint density at radius 2 is 1.24 bits per heavy atom. The quantitative estimate of drug-likeness (QED) is 0.0260. The number of non-ortho nitro benzene ring substituents is 2. The van der Waals surface area contributed by atoms with Crippen molar-refractivity contribution < 1.29 is 51.6 Å². The zero-order chi connectivity index (χ0) is 61.5. The van der Waals surface area contributed by atoms with E-state index in [2.05, 4.69) is 143 Å². The van der Waals surface area contributed by atoms with Gasteiger partial charge in [-0.2, -0.15) is 9.84 Å². The Labute approximate surface area is 500 Å². The second kappa shape index (κ2) is 26.6. The van der Waals surface area contributed by atoms with Gasteiger partial charge in [-0.3, -0.25) is 39.0 Å². The van der Waals surface area contributed by atoms with Crippen LogP contribution in [0.25, 0.3) is 15.6 Å². The minimum Gasteiger partial charge on any atom is -0.506 e. The van der Waals surface area contributed by atoms with Crippen LogP contribution in [0.3, 0.4) is 0 Å². The van der Waals surface area contributed by atoms with Gasteiger partial charge in [0.15, 0.2) is 11.4 Å². The third-order valence-electron chi connectivity index (χ3n) is 15.1. The Morgan fingerprint density at radius 3 is 1.74 bits per heavy atom. The van der Waals surface area contributed by atoms with Crippen molar-refractivity contribution in [2.24, 2.45) is 20.5 Å². The number of azo groups is 2. The molecule has 0 atom stereocenters. The number of aromatic nitrogens is 2. The molecule has 441 valence electrons. The maximum atomic E-state index is 12.3. The minimum absolute atomic E-state index is 0. The van der Waals surface area contributed by atoms with Gasteiger partial charge >= 0.3 is 0 Å². The average molecular weight is 1200 g/mol. The number of unbranched alkanes of at least 4 members (excludes halogenated alkanes) is 2. The van der Waals surface area contributed by atoms with Crippen LogP contribution in [0.1, 0.15) is 102 Å². The maximum absolute atomic E-state index is 12.3. The van der Waals surface area contributed by atoms with Gasteiger partial charge in [0.25, 0.3) is 28.2 Å². The Morgan fingerprint density at radius 1 is 0.718 bits per heavy atom. The molecule has 0 spiro atoms. The molecule has 85 heavy (non-hydrogen) atoms. The van der Waals surface area contributed by atoms with Crippen LogP contribution in [0.2, 0.25) is 0 Å². The van der Waals surface area contributed by atoms with Gasteiger partial charge in [-0.05, 0) is 87.6 Å². The van der Waals surface area contributed by atoms with E-state index in [0.29, 0.717) is 12.8 Å². The predicted octanol–water partition coefficient (Wildman–Crippen LogP) is 14.4. The van der Waals surface area contributed by atoms with E-state index < -0.39 is 32.7 Å². The number of hydrogen-bond acceptors (Lipinski definition) is 16. The van der Waals surface area contributed by atoms with Crippen molar-refractivity contribution in [2.75, 3.05) is 18.5 Å². The molecule has 0 bridgehead atoms. The number of aromatic hydroxyl groups is 4. The van der Waals surface area contributed by atoms with Gasteiger partial charge in [-0.15, -0.1) is 20.5 Å². The number of anilines is 1. The molecule has 2 aliphatic heterocycles. The largest absolute Gasteiger partial charge is 0.506 e. The van der Waals surface area contributed by atoms with Crippen LogP contribution in [-0.4, -0.2) is 63.3 Å². The number of pyridine rings is 2. The van der Waals surface area contributed by atoms with Crippen molar-refractivity contribution in [1.82, 2.24) is 9.13 Å². The Balaban J connectivity index is 0.000000204. The summed E-state index contributed by atoms with van der Waals surface area (Å²) in [6.07, 6.45) is 5.21. The summed E-state index contributed by atoms with van der Waals surface area (Å²) in [5.74, 6) is -1.60. The standard InChI is InChI=1S/C28H31N2.2C17H17N5O5.Co/c1-7-30-23-17-16-19-12-8-9-13-20(19)26(23)28(4,5)25(30)18-24-27(2,3)21-14-10-11-15-22(21)29(24)6;1-4-5-8-21-16(24)14(18-3)10(2)15(17(21)25)20-19-12-9-11(22(26)27)6-7-13(12)23;1-3-4-7-21-16(24)12(9-18)10(2)15(17(21)25)20-19-13-8-11(22(26)27)5-6-14(13)23;/h8-18H,7H2,1-6H3;6-7,9,23,25H,4-5,8H2,1-2H3;5-6,8,23,25H,3-4,7H2,1-2H3;/q+1;;;. The number of likely N-dealkylation sites (N-methyl/N-ethyl adjacent to an activating group) is 1. The number of phenols is 2. The van der Waals surface area contributed by atoms with Gasteiger partial charge in [0.2, 0.25) is 17.4 Å². The summed E-state index contributed by atoms with van der Waals surface area (Å²) in [5, 5.41) is 89.3. The number of hydrogen-bond donors (Lipinski definition) is 4. The molecular weight excluding hydrogens is 1130 g/mol. The number of para-hydroxylation sites is 1. The minimum atomic E-state index is -0.653. The summed E-state index contributed by atoms with van der Waals surface area (Å²) >= 11 is 0. The molecule has 0 amide bonds. The third-order valence-corrected chi connectivity index (χ3v) is 15.1. The van der Waals surface area contributed by atoms with E-state index >= 15 is 0 Å². The van der Waals surface area contributed by atoms with Gasteiger partial charge in [0, 0.05) is 101 Å². The summed E-state index contributed by atoms with van der Waals surface area (Å²) < 4.78 is 4.47. The van der Waals surface area contributed by atoms with Gasteiger partial charge < -0.3 is 25.3 Å². The molecule has 0 saturated heterocycles. The molecule has 22 nitrogen and oxygen atoms in total. The van der Waals surface area contributed by atoms with E-state index in [4.69, 9.17) is 6.57 Å². The first-order valence-electron chi connectivity index (χ1n) is 27.1. The molecule has 2 aliphatic rings. The molecule has 4 heterocycles. The average Bonchev–Trinajstić information content (AvgIpc) is 1.65. The number of nitriles is 1. The number of fused-ring (bicyclic) bond motifs is 4. The first-order chi connectivity index (χ1) is 39.9. The molecule has 1 radical (unpaired) electrons. The van der Waals surface area contributed by atoms with Crippen LogP contribution >= 0.6 is 0 Å². The normalized spacial score (nSPS) is 14.0. The molecule has 0 unspecified atom stereocenters. The smallest absolute Gasteiger partial charge is 0.271 e. The van der Waals surface area contributed by atoms with Crippen LogP contribution in [0.15, 0.2) is 139 Å². The number of benzene rings is 5. The number of nitro benzene ring substituents is 2. The molecule has 9 rings (SSSR count). The Kier molecular flexibility index (Phi) is 20.1. The number of nitro groups is 2. The van der Waals surface area contributed by atoms with Crippen molar-refractivity contribution >= 4 is 67.7 Å². The van der Waals surface area contributed by atoms with Crippen LogP contribution in [0.4, 0.5) is 51.2 Å². The molecule has 0 aliphatic carbocycles. The van der Waals surface area contributed by atoms with E-state index in [1.165, 1.54) is 58.5 Å². The Hall–Kier alpha value is -9.84. The summed E-state index contributed by atoms with van der Waals surface area (Å²) in [7, 11) is 2.21. The van der Waals surface area contributed by atoms with Crippen LogP contribution in [-0.2, 0) is 40.7 Å². The molecule has 0 fully saturated rings. The molecule has 4 N–H and O–H groups in total. The molecular formula is C62H65CoN12O10+. The molecule has 23 heteroatoms. The summed E-state index contributed by atoms with van der Waals surface area (Å²) in [6, 6.07) is 30.4. The monoisotopic (exact) mass is 1200 g/mol. The van der Waals surface area contributed by atoms with Crippen molar-refractivity contribution in [3.8, 4) is 29.3 Å². The van der Waals surface area contributed by atoms with Gasteiger partial charge in [-0.1, -0.05) is 89.1 Å². The second-order valence-corrected chi connectivity index (χ2v) is 21.1. The second-order valence-electron chi connectivity index (χ2n) is 21.1. The molecule has 2 aromatic heterocycles. The predicted molar refractivity (Wildman–Crippen MR) is 321 cm³/mol. The van der Waals surface area contributed by atoms with Gasteiger partial charge in [-0.25, -0.2) is 4.85 Å². The van der Waals surface area contributed by atoms with Crippen LogP contribution < -0.4 is 16.0 Å². The fourth-order valence-electron chi connectivity index (χ4n) is 10.5. The van der Waals surface area contributed by atoms with E-state index in [9.17, 15) is 55.5 Å². The maximum Gasteiger partial charge on any atom is 0.271 e. The zero-order valence-electron chi connectivity index (χ0n) is 48.7. The van der Waals surface area contributed by atoms with E-state index in [1.54, 1.807) is 6.07 Å². The third kappa shape index (κ3) is 12.6. The van der Waals surface area contributed by atoms with E-state index in [1.807, 2.05) is 13.8 Å². The SMILES string of the molecule is CCCCn1c(O)c(N=Nc2cc([N+](=O)[O-])ccc2O)c(C)c(C#N)c1=O.CCN1C(=CC2=[N+](C)c3ccccc3C2(C)C)C(C)(C)c2c1ccc1ccccc21.[C-]#[N+]c1c(C)c(N=Nc2cc([N+](=O)[O-])ccc2O)c(O)n(CCCC)c1=O.[Co]. The molecule has 7 aromatic rings. The Bertz CT molecular complexity index is 3960. The molecule has 5 aromatic carbocycles. The number of rotatable bonds is 14. The van der Waals surface area contributed by atoms with Crippen LogP contribution in [0, 0.1) is 52.0 Å². The number of allylic oxidation sites excluding steroid dienone is 2. The van der Waals surface area contributed by atoms with Crippen LogP contribution in [0.5, 0.6) is 23.3 Å². The fourth-order valence-corrected chi connectivity index (χ4v) is 10.5. The van der Waals surface area contributed by atoms with E-state index in [0.717, 1.165) is 64.9 Å². The topological polar surface area (TPSA) is 295 Å². The fraction of sp³-hybridized carbons (Fsp3) is 0.306. The zero-order valence-corrected chi connectivity index (χ0v) is 49.7. The number of nitrogens with zero attached hydrogens (tertiary/aromatic N) is 12. The summed E-state index contributed by atoms with van der Waals surface area (Å²) in [6.45, 7) is 27.0. The molecule has 0 saturated carbocycles. The van der Waals surface area contributed by atoms with Crippen molar-refractivity contribution in [1.29, 1.82) is 5.26 Å². The first kappa shape index (κ1) is 64.3. The summed E-state index contributed by atoms with van der Waals surface area (Å²) in [5.41, 5.74) is 5.64. The van der Waals surface area contributed by atoms with Gasteiger partial charge in [0.1, 0.15) is 47.2 Å². The number of phenolic OH excluding ortho intramolecular Hbond substituents is 2.